The van der Waals surface area contributed by atoms with E-state index >= 15 is 0 Å². The Bertz CT molecular complexity index is 349. The van der Waals surface area contributed by atoms with Gasteiger partial charge in [0, 0.05) is 17.3 Å². The minimum atomic E-state index is -0.227. The van der Waals surface area contributed by atoms with Gasteiger partial charge in [0.25, 0.3) is 0 Å². The number of rotatable bonds is 5. The number of carbonyl (C=O) groups excluding carboxylic acids is 1. The number of carbonyl (C=O) groups is 1. The largest absolute Gasteiger partial charge is 0.300 e. The van der Waals surface area contributed by atoms with E-state index in [-0.39, 0.29) is 11.6 Å². The molecule has 15 heavy (non-hydrogen) atoms. The fourth-order valence-corrected chi connectivity index (χ4v) is 1.83. The van der Waals surface area contributed by atoms with E-state index in [1.54, 1.807) is 6.07 Å². The Hall–Kier alpha value is -0.700. The van der Waals surface area contributed by atoms with Gasteiger partial charge < -0.3 is 0 Å². The molecule has 3 heteroatoms. The van der Waals surface area contributed by atoms with Crippen LogP contribution < -0.4 is 0 Å². The summed E-state index contributed by atoms with van der Waals surface area (Å²) in [5, 5.41) is 0. The van der Waals surface area contributed by atoms with Gasteiger partial charge in [-0.25, -0.2) is 4.39 Å². The van der Waals surface area contributed by atoms with Crippen LogP contribution in [0, 0.1) is 5.82 Å². The molecule has 0 atom stereocenters. The molecule has 0 heterocycles. The van der Waals surface area contributed by atoms with Gasteiger partial charge >= 0.3 is 0 Å². The van der Waals surface area contributed by atoms with E-state index in [1.807, 2.05) is 6.92 Å². The molecule has 1 aromatic carbocycles. The summed E-state index contributed by atoms with van der Waals surface area (Å²) in [4.78, 5) is 11.1. The second kappa shape index (κ2) is 6.01. The van der Waals surface area contributed by atoms with E-state index < -0.39 is 0 Å². The van der Waals surface area contributed by atoms with Crippen molar-refractivity contribution in [3.63, 3.8) is 0 Å². The summed E-state index contributed by atoms with van der Waals surface area (Å²) in [6.07, 6.45) is 2.70. The highest BCUT2D eigenvalue weighted by Crippen LogP contribution is 2.19. The van der Waals surface area contributed by atoms with Gasteiger partial charge in [0.05, 0.1) is 0 Å². The first-order valence-corrected chi connectivity index (χ1v) is 5.88. The summed E-state index contributed by atoms with van der Waals surface area (Å²) in [5.41, 5.74) is 0.930. The zero-order chi connectivity index (χ0) is 11.3. The number of hydrogen-bond donors (Lipinski definition) is 0. The number of Topliss-reactive ketones (excluding diaryl/α,β-unsaturated/α-hetero) is 1. The highest BCUT2D eigenvalue weighted by Gasteiger charge is 2.03. The van der Waals surface area contributed by atoms with Crippen molar-refractivity contribution in [3.8, 4) is 0 Å². The third kappa shape index (κ3) is 4.12. The average molecular weight is 273 g/mol. The van der Waals surface area contributed by atoms with Gasteiger partial charge in [-0.1, -0.05) is 22.9 Å². The number of ketones is 1. The monoisotopic (exact) mass is 272 g/mol. The smallest absolute Gasteiger partial charge is 0.132 e. The third-order valence-electron chi connectivity index (χ3n) is 2.30. The normalized spacial score (nSPS) is 10.3. The van der Waals surface area contributed by atoms with E-state index in [0.717, 1.165) is 22.9 Å². The average Bonchev–Trinajstić information content (AvgIpc) is 2.23. The molecular formula is C12H14BrFO. The van der Waals surface area contributed by atoms with Crippen LogP contribution in [-0.2, 0) is 11.2 Å². The highest BCUT2D eigenvalue weighted by molar-refractivity contribution is 9.10. The van der Waals surface area contributed by atoms with Crippen molar-refractivity contribution < 1.29 is 9.18 Å². The first-order valence-electron chi connectivity index (χ1n) is 5.09. The Morgan fingerprint density at radius 2 is 2.20 bits per heavy atom. The fraction of sp³-hybridized carbons (Fsp3) is 0.417. The lowest BCUT2D eigenvalue weighted by molar-refractivity contribution is -0.118. The third-order valence-corrected chi connectivity index (χ3v) is 3.08. The van der Waals surface area contributed by atoms with Crippen molar-refractivity contribution in [3.05, 3.63) is 34.1 Å². The van der Waals surface area contributed by atoms with E-state index in [0.29, 0.717) is 12.8 Å². The molecule has 0 bridgehead atoms. The molecule has 0 aliphatic rings. The van der Waals surface area contributed by atoms with Crippen LogP contribution in [0.2, 0.25) is 0 Å². The summed E-state index contributed by atoms with van der Waals surface area (Å²) < 4.78 is 13.8. The predicted octanol–water partition coefficient (Wildman–Crippen LogP) is 3.89. The van der Waals surface area contributed by atoms with Gasteiger partial charge in [-0.15, -0.1) is 0 Å². The molecule has 1 nitrogen and oxygen atoms in total. The standard InChI is InChI=1S/C12H14BrFO/c1-2-11(15)5-3-4-9-8-10(14)6-7-12(9)13/h6-8H,2-5H2,1H3. The Balaban J connectivity index is 2.50. The van der Waals surface area contributed by atoms with Crippen LogP contribution >= 0.6 is 15.9 Å². The molecule has 82 valence electrons. The molecular weight excluding hydrogens is 259 g/mol. The van der Waals surface area contributed by atoms with Gasteiger partial charge in [0.15, 0.2) is 0 Å². The second-order valence-electron chi connectivity index (χ2n) is 3.48. The zero-order valence-electron chi connectivity index (χ0n) is 8.72. The van der Waals surface area contributed by atoms with Gasteiger partial charge in [-0.2, -0.15) is 0 Å². The zero-order valence-corrected chi connectivity index (χ0v) is 10.3. The first-order chi connectivity index (χ1) is 7.13. The van der Waals surface area contributed by atoms with Crippen molar-refractivity contribution in [1.29, 1.82) is 0 Å². The lowest BCUT2D eigenvalue weighted by atomic mass is 10.1. The van der Waals surface area contributed by atoms with E-state index in [9.17, 15) is 9.18 Å². The highest BCUT2D eigenvalue weighted by atomic mass is 79.9. The molecule has 0 unspecified atom stereocenters. The van der Waals surface area contributed by atoms with E-state index in [1.165, 1.54) is 12.1 Å². The molecule has 0 radical (unpaired) electrons. The topological polar surface area (TPSA) is 17.1 Å². The molecule has 0 amide bonds. The number of hydrogen-bond acceptors (Lipinski definition) is 1. The van der Waals surface area contributed by atoms with Crippen molar-refractivity contribution in [2.45, 2.75) is 32.6 Å². The van der Waals surface area contributed by atoms with E-state index in [2.05, 4.69) is 15.9 Å². The Morgan fingerprint density at radius 3 is 2.87 bits per heavy atom. The van der Waals surface area contributed by atoms with Crippen molar-refractivity contribution in [2.24, 2.45) is 0 Å². The summed E-state index contributed by atoms with van der Waals surface area (Å²) in [6, 6.07) is 4.64. The number of halogens is 2. The van der Waals surface area contributed by atoms with Crippen LogP contribution in [0.5, 0.6) is 0 Å². The van der Waals surface area contributed by atoms with Crippen LogP contribution in [0.1, 0.15) is 31.7 Å². The van der Waals surface area contributed by atoms with Crippen LogP contribution in [-0.4, -0.2) is 5.78 Å². The molecule has 0 fully saturated rings. The maximum atomic E-state index is 12.9. The van der Waals surface area contributed by atoms with Gasteiger partial charge in [0.1, 0.15) is 11.6 Å². The van der Waals surface area contributed by atoms with Crippen molar-refractivity contribution in [1.82, 2.24) is 0 Å². The summed E-state index contributed by atoms with van der Waals surface area (Å²) >= 11 is 3.36. The maximum absolute atomic E-state index is 12.9. The van der Waals surface area contributed by atoms with Crippen molar-refractivity contribution in [2.75, 3.05) is 0 Å². The van der Waals surface area contributed by atoms with Gasteiger partial charge in [-0.05, 0) is 36.6 Å². The molecule has 1 aromatic rings. The van der Waals surface area contributed by atoms with Crippen LogP contribution in [0.4, 0.5) is 4.39 Å². The van der Waals surface area contributed by atoms with E-state index in [4.69, 9.17) is 0 Å². The molecule has 0 saturated carbocycles. The lowest BCUT2D eigenvalue weighted by Crippen LogP contribution is -1.97. The summed E-state index contributed by atoms with van der Waals surface area (Å²) in [7, 11) is 0. The van der Waals surface area contributed by atoms with Crippen LogP contribution in [0.3, 0.4) is 0 Å². The molecule has 1 rings (SSSR count). The molecule has 0 saturated heterocycles. The number of aryl methyl sites for hydroxylation is 1. The second-order valence-corrected chi connectivity index (χ2v) is 4.34. The summed E-state index contributed by atoms with van der Waals surface area (Å²) in [6.45, 7) is 1.86. The Labute approximate surface area is 97.8 Å². The van der Waals surface area contributed by atoms with Crippen molar-refractivity contribution >= 4 is 21.7 Å². The summed E-state index contributed by atoms with van der Waals surface area (Å²) in [5.74, 6) is 0.0394. The van der Waals surface area contributed by atoms with Gasteiger partial charge in [0.2, 0.25) is 0 Å². The predicted molar refractivity (Wildman–Crippen MR) is 62.3 cm³/mol. The molecule has 0 N–H and O–H groups in total. The van der Waals surface area contributed by atoms with Crippen LogP contribution in [0.15, 0.2) is 22.7 Å². The molecule has 0 aromatic heterocycles. The molecule has 0 aliphatic carbocycles. The molecule has 0 aliphatic heterocycles. The Morgan fingerprint density at radius 1 is 1.47 bits per heavy atom. The van der Waals surface area contributed by atoms with Crippen LogP contribution in [0.25, 0.3) is 0 Å². The Kier molecular flexibility index (Phi) is 4.95. The quantitative estimate of drug-likeness (QED) is 0.795. The maximum Gasteiger partial charge on any atom is 0.132 e. The first kappa shape index (κ1) is 12.4. The SMILES string of the molecule is CCC(=O)CCCc1cc(F)ccc1Br. The number of benzene rings is 1. The molecule has 0 spiro atoms. The van der Waals surface area contributed by atoms with Gasteiger partial charge in [-0.3, -0.25) is 4.79 Å². The lowest BCUT2D eigenvalue weighted by Gasteiger charge is -2.03. The minimum Gasteiger partial charge on any atom is -0.300 e. The fourth-order valence-electron chi connectivity index (χ4n) is 1.39. The minimum absolute atomic E-state index is 0.227.